The Morgan fingerprint density at radius 3 is 2.83 bits per heavy atom. The first kappa shape index (κ1) is 14.0. The molecule has 1 aromatic carbocycles. The number of carbonyl (C=O) groups is 1. The molecule has 0 bridgehead atoms. The molecule has 0 unspecified atom stereocenters. The number of nitrogens with zero attached hydrogens (tertiary/aromatic N) is 1. The second-order valence-corrected chi connectivity index (χ2v) is 3.74. The van der Waals surface area contributed by atoms with Crippen molar-refractivity contribution in [2.75, 3.05) is 17.8 Å². The second kappa shape index (κ2) is 6.06. The highest BCUT2D eigenvalue weighted by molar-refractivity contribution is 6.18. The number of aromatic hydroxyl groups is 1. The summed E-state index contributed by atoms with van der Waals surface area (Å²) in [6, 6.07) is 2.25. The van der Waals surface area contributed by atoms with Gasteiger partial charge in [0.25, 0.3) is 5.69 Å². The standard InChI is InChI=1S/C10H11ClN2O5/c1-6-4-7(12-10(15)18-3-2-11)8(13(16)17)5-9(6)14/h4-5,14H,2-3H2,1H3,(H,12,15). The number of ether oxygens (including phenoxy) is 1. The molecule has 0 aromatic heterocycles. The fourth-order valence-corrected chi connectivity index (χ4v) is 1.29. The molecule has 0 saturated carbocycles. The number of nitro benzene ring substituents is 1. The first-order valence-corrected chi connectivity index (χ1v) is 5.47. The molecule has 0 aliphatic rings. The lowest BCUT2D eigenvalue weighted by atomic mass is 10.1. The zero-order valence-electron chi connectivity index (χ0n) is 9.47. The van der Waals surface area contributed by atoms with Gasteiger partial charge in [-0.2, -0.15) is 0 Å². The molecule has 1 rings (SSSR count). The summed E-state index contributed by atoms with van der Waals surface area (Å²) >= 11 is 5.33. The van der Waals surface area contributed by atoms with Crippen molar-refractivity contribution in [3.8, 4) is 5.75 Å². The van der Waals surface area contributed by atoms with Gasteiger partial charge >= 0.3 is 6.09 Å². The van der Waals surface area contributed by atoms with Gasteiger partial charge in [0.05, 0.1) is 16.9 Å². The smallest absolute Gasteiger partial charge is 0.411 e. The van der Waals surface area contributed by atoms with Crippen LogP contribution in [0.2, 0.25) is 0 Å². The van der Waals surface area contributed by atoms with E-state index in [1.807, 2.05) is 0 Å². The van der Waals surface area contributed by atoms with E-state index >= 15 is 0 Å². The number of nitro groups is 1. The van der Waals surface area contributed by atoms with Gasteiger partial charge in [0.1, 0.15) is 18.0 Å². The van der Waals surface area contributed by atoms with E-state index in [2.05, 4.69) is 10.1 Å². The number of aryl methyl sites for hydroxylation is 1. The maximum atomic E-state index is 11.3. The maximum Gasteiger partial charge on any atom is 0.411 e. The lowest BCUT2D eigenvalue weighted by Crippen LogP contribution is -2.16. The van der Waals surface area contributed by atoms with Crippen molar-refractivity contribution < 1.29 is 19.6 Å². The maximum absolute atomic E-state index is 11.3. The van der Waals surface area contributed by atoms with Crippen molar-refractivity contribution in [3.05, 3.63) is 27.8 Å². The Morgan fingerprint density at radius 1 is 1.61 bits per heavy atom. The molecule has 0 aliphatic heterocycles. The van der Waals surface area contributed by atoms with Crippen LogP contribution in [0.3, 0.4) is 0 Å². The Morgan fingerprint density at radius 2 is 2.28 bits per heavy atom. The third kappa shape index (κ3) is 3.49. The largest absolute Gasteiger partial charge is 0.507 e. The summed E-state index contributed by atoms with van der Waals surface area (Å²) in [5, 5.41) is 22.4. The van der Waals surface area contributed by atoms with E-state index in [0.717, 1.165) is 6.07 Å². The average molecular weight is 275 g/mol. The molecule has 1 amide bonds. The number of hydrogen-bond acceptors (Lipinski definition) is 5. The Kier molecular flexibility index (Phi) is 4.73. The van der Waals surface area contributed by atoms with Crippen molar-refractivity contribution >= 4 is 29.1 Å². The average Bonchev–Trinajstić information content (AvgIpc) is 2.30. The normalized spacial score (nSPS) is 9.89. The van der Waals surface area contributed by atoms with Gasteiger partial charge in [-0.05, 0) is 18.6 Å². The fraction of sp³-hybridized carbons (Fsp3) is 0.300. The van der Waals surface area contributed by atoms with Gasteiger partial charge in [-0.3, -0.25) is 15.4 Å². The third-order valence-electron chi connectivity index (χ3n) is 2.06. The number of alkyl halides is 1. The van der Waals surface area contributed by atoms with Gasteiger partial charge in [0, 0.05) is 0 Å². The predicted octanol–water partition coefficient (Wildman–Crippen LogP) is 2.40. The van der Waals surface area contributed by atoms with Crippen LogP contribution in [-0.2, 0) is 4.74 Å². The van der Waals surface area contributed by atoms with Crippen LogP contribution in [0.15, 0.2) is 12.1 Å². The van der Waals surface area contributed by atoms with Crippen molar-refractivity contribution in [3.63, 3.8) is 0 Å². The van der Waals surface area contributed by atoms with E-state index in [9.17, 15) is 20.0 Å². The highest BCUT2D eigenvalue weighted by atomic mass is 35.5. The molecule has 0 spiro atoms. The second-order valence-electron chi connectivity index (χ2n) is 3.36. The molecule has 7 nitrogen and oxygen atoms in total. The Labute approximate surface area is 107 Å². The topological polar surface area (TPSA) is 102 Å². The fourth-order valence-electron chi connectivity index (χ4n) is 1.21. The Balaban J connectivity index is 2.96. The van der Waals surface area contributed by atoms with Crippen molar-refractivity contribution in [1.82, 2.24) is 0 Å². The minimum atomic E-state index is -0.844. The quantitative estimate of drug-likeness (QED) is 0.380. The van der Waals surface area contributed by atoms with Gasteiger partial charge in [0.15, 0.2) is 0 Å². The van der Waals surface area contributed by atoms with Crippen LogP contribution >= 0.6 is 11.6 Å². The molecule has 0 fully saturated rings. The summed E-state index contributed by atoms with van der Waals surface area (Å²) in [7, 11) is 0. The summed E-state index contributed by atoms with van der Waals surface area (Å²) < 4.78 is 4.63. The lowest BCUT2D eigenvalue weighted by molar-refractivity contribution is -0.384. The Hall–Kier alpha value is -2.02. The van der Waals surface area contributed by atoms with E-state index in [4.69, 9.17) is 11.6 Å². The number of benzene rings is 1. The summed E-state index contributed by atoms with van der Waals surface area (Å²) in [6.07, 6.45) is -0.844. The van der Waals surface area contributed by atoms with Crippen LogP contribution in [0.4, 0.5) is 16.2 Å². The first-order valence-electron chi connectivity index (χ1n) is 4.93. The molecular weight excluding hydrogens is 264 g/mol. The number of nitrogens with one attached hydrogen (secondary N) is 1. The SMILES string of the molecule is Cc1cc(NC(=O)OCCCl)c([N+](=O)[O-])cc1O. The van der Waals surface area contributed by atoms with E-state index in [1.54, 1.807) is 6.92 Å². The van der Waals surface area contributed by atoms with E-state index in [1.165, 1.54) is 6.07 Å². The Bertz CT molecular complexity index is 478. The minimum absolute atomic E-state index is 0.00173. The van der Waals surface area contributed by atoms with Crippen LogP contribution in [0, 0.1) is 17.0 Å². The molecule has 0 aliphatic carbocycles. The molecule has 0 atom stereocenters. The molecule has 0 radical (unpaired) electrons. The molecule has 1 aromatic rings. The van der Waals surface area contributed by atoms with Crippen LogP contribution in [0.25, 0.3) is 0 Å². The van der Waals surface area contributed by atoms with Gasteiger partial charge in [-0.15, -0.1) is 11.6 Å². The highest BCUT2D eigenvalue weighted by Crippen LogP contribution is 2.31. The zero-order valence-corrected chi connectivity index (χ0v) is 10.2. The highest BCUT2D eigenvalue weighted by Gasteiger charge is 2.18. The number of hydrogen-bond donors (Lipinski definition) is 2. The lowest BCUT2D eigenvalue weighted by Gasteiger charge is -2.08. The van der Waals surface area contributed by atoms with Crippen LogP contribution in [0.5, 0.6) is 5.75 Å². The summed E-state index contributed by atoms with van der Waals surface area (Å²) in [6.45, 7) is 1.55. The van der Waals surface area contributed by atoms with Crippen LogP contribution in [0.1, 0.15) is 5.56 Å². The minimum Gasteiger partial charge on any atom is -0.507 e. The van der Waals surface area contributed by atoms with Crippen LogP contribution in [-0.4, -0.2) is 28.6 Å². The van der Waals surface area contributed by atoms with Crippen molar-refractivity contribution in [2.45, 2.75) is 6.92 Å². The molecule has 2 N–H and O–H groups in total. The number of rotatable bonds is 4. The number of carbonyl (C=O) groups excluding carboxylic acids is 1. The van der Waals surface area contributed by atoms with Gasteiger partial charge in [0.2, 0.25) is 0 Å². The van der Waals surface area contributed by atoms with Crippen molar-refractivity contribution in [2.24, 2.45) is 0 Å². The van der Waals surface area contributed by atoms with Crippen molar-refractivity contribution in [1.29, 1.82) is 0 Å². The number of phenols is 1. The summed E-state index contributed by atoms with van der Waals surface area (Å²) in [5.41, 5.74) is -0.0657. The van der Waals surface area contributed by atoms with Gasteiger partial charge in [-0.1, -0.05) is 0 Å². The van der Waals surface area contributed by atoms with Gasteiger partial charge in [-0.25, -0.2) is 4.79 Å². The molecule has 0 saturated heterocycles. The molecule has 98 valence electrons. The van der Waals surface area contributed by atoms with Crippen LogP contribution < -0.4 is 5.32 Å². The molecule has 8 heteroatoms. The van der Waals surface area contributed by atoms with E-state index < -0.39 is 16.7 Å². The number of amides is 1. The monoisotopic (exact) mass is 274 g/mol. The zero-order chi connectivity index (χ0) is 13.7. The predicted molar refractivity (Wildman–Crippen MR) is 65.2 cm³/mol. The third-order valence-corrected chi connectivity index (χ3v) is 2.21. The molecule has 0 heterocycles. The number of halogens is 1. The number of phenolic OH excluding ortho intramolecular Hbond substituents is 1. The molecule has 18 heavy (non-hydrogen) atoms. The van der Waals surface area contributed by atoms with Gasteiger partial charge < -0.3 is 9.84 Å². The number of anilines is 1. The summed E-state index contributed by atoms with van der Waals surface area (Å²) in [4.78, 5) is 21.3. The molecular formula is C10H11ClN2O5. The van der Waals surface area contributed by atoms with E-state index in [-0.39, 0.29) is 23.9 Å². The van der Waals surface area contributed by atoms with E-state index in [0.29, 0.717) is 5.56 Å². The summed E-state index contributed by atoms with van der Waals surface area (Å²) in [5.74, 6) is -0.0919. The first-order chi connectivity index (χ1) is 8.45.